The molecular weight excluding hydrogens is 380 g/mol. The molecule has 23 heavy (non-hydrogen) atoms. The van der Waals surface area contributed by atoms with E-state index in [1.807, 2.05) is 20.8 Å². The molecule has 1 fully saturated rings. The molecule has 1 amide bonds. The Morgan fingerprint density at radius 1 is 1.43 bits per heavy atom. The molecule has 0 radical (unpaired) electrons. The standard InChI is InChI=1S/C15H19BrN4O2S/c1-15(2,3)22-14(21)20-6-4-5-10(20)12-17-7-9(19-12)13-18-8-11(16)23-13/h7-8,10H,4-6H2,1-3H3,(H,17,19)/t10-/m0/s1. The normalized spacial score (nSPS) is 18.4. The van der Waals surface area contributed by atoms with E-state index in [0.29, 0.717) is 6.54 Å². The Morgan fingerprint density at radius 3 is 2.87 bits per heavy atom. The third-order valence-electron chi connectivity index (χ3n) is 3.50. The van der Waals surface area contributed by atoms with Crippen molar-refractivity contribution >= 4 is 33.4 Å². The molecule has 1 N–H and O–H groups in total. The van der Waals surface area contributed by atoms with Gasteiger partial charge in [-0.05, 0) is 49.5 Å². The van der Waals surface area contributed by atoms with E-state index in [-0.39, 0.29) is 12.1 Å². The Balaban J connectivity index is 1.78. The van der Waals surface area contributed by atoms with Crippen LogP contribution in [0.4, 0.5) is 4.79 Å². The summed E-state index contributed by atoms with van der Waals surface area (Å²) in [7, 11) is 0. The lowest BCUT2D eigenvalue weighted by atomic mass is 10.2. The van der Waals surface area contributed by atoms with E-state index in [1.54, 1.807) is 28.6 Å². The molecule has 8 heteroatoms. The van der Waals surface area contributed by atoms with Gasteiger partial charge in [0.05, 0.1) is 27.9 Å². The number of likely N-dealkylation sites (tertiary alicyclic amines) is 1. The molecule has 124 valence electrons. The molecule has 1 aliphatic rings. The highest BCUT2D eigenvalue weighted by atomic mass is 79.9. The highest BCUT2D eigenvalue weighted by Gasteiger charge is 2.34. The van der Waals surface area contributed by atoms with Gasteiger partial charge in [-0.25, -0.2) is 14.8 Å². The fourth-order valence-electron chi connectivity index (χ4n) is 2.58. The summed E-state index contributed by atoms with van der Waals surface area (Å²) in [6.45, 7) is 6.32. The molecule has 0 unspecified atom stereocenters. The molecule has 1 saturated heterocycles. The fraction of sp³-hybridized carbons (Fsp3) is 0.533. The van der Waals surface area contributed by atoms with E-state index >= 15 is 0 Å². The molecule has 3 heterocycles. The number of H-pyrrole nitrogens is 1. The van der Waals surface area contributed by atoms with Gasteiger partial charge >= 0.3 is 6.09 Å². The van der Waals surface area contributed by atoms with Crippen LogP contribution in [0.15, 0.2) is 16.2 Å². The monoisotopic (exact) mass is 398 g/mol. The van der Waals surface area contributed by atoms with Gasteiger partial charge in [-0.3, -0.25) is 4.90 Å². The SMILES string of the molecule is CC(C)(C)OC(=O)N1CCC[C@H]1c1ncc(-c2ncc(Br)s2)[nH]1. The number of aromatic nitrogens is 3. The summed E-state index contributed by atoms with van der Waals surface area (Å²) >= 11 is 4.95. The first-order chi connectivity index (χ1) is 10.8. The van der Waals surface area contributed by atoms with Crippen LogP contribution in [0.1, 0.15) is 45.5 Å². The van der Waals surface area contributed by atoms with Crippen LogP contribution in [0.5, 0.6) is 0 Å². The van der Waals surface area contributed by atoms with E-state index in [9.17, 15) is 4.79 Å². The maximum absolute atomic E-state index is 12.4. The number of carbonyl (C=O) groups excluding carboxylic acids is 1. The number of halogens is 1. The molecule has 0 aromatic carbocycles. The van der Waals surface area contributed by atoms with Crippen LogP contribution < -0.4 is 0 Å². The average Bonchev–Trinajstić information content (AvgIpc) is 3.15. The zero-order valence-corrected chi connectivity index (χ0v) is 15.7. The fourth-order valence-corrected chi connectivity index (χ4v) is 3.76. The predicted molar refractivity (Wildman–Crippen MR) is 92.3 cm³/mol. The topological polar surface area (TPSA) is 71.1 Å². The number of aromatic amines is 1. The Morgan fingerprint density at radius 2 is 2.22 bits per heavy atom. The number of imidazole rings is 1. The number of hydrogen-bond donors (Lipinski definition) is 1. The van der Waals surface area contributed by atoms with Gasteiger partial charge in [0.15, 0.2) is 0 Å². The number of nitrogens with one attached hydrogen (secondary N) is 1. The molecule has 0 saturated carbocycles. The van der Waals surface area contributed by atoms with Crippen LogP contribution in [-0.2, 0) is 4.74 Å². The van der Waals surface area contributed by atoms with Gasteiger partial charge in [0.25, 0.3) is 0 Å². The quantitative estimate of drug-likeness (QED) is 0.814. The third-order valence-corrected chi connectivity index (χ3v) is 5.01. The van der Waals surface area contributed by atoms with Crippen molar-refractivity contribution in [3.05, 3.63) is 22.0 Å². The van der Waals surface area contributed by atoms with Crippen molar-refractivity contribution in [1.82, 2.24) is 19.9 Å². The minimum absolute atomic E-state index is 0.0676. The van der Waals surface area contributed by atoms with Crippen molar-refractivity contribution in [3.63, 3.8) is 0 Å². The third kappa shape index (κ3) is 3.74. The number of thiazole rings is 1. The van der Waals surface area contributed by atoms with Gasteiger partial charge in [0.1, 0.15) is 16.4 Å². The summed E-state index contributed by atoms with van der Waals surface area (Å²) in [5, 5.41) is 0.873. The summed E-state index contributed by atoms with van der Waals surface area (Å²) in [6.07, 6.45) is 5.08. The molecule has 0 aliphatic carbocycles. The molecule has 3 rings (SSSR count). The summed E-state index contributed by atoms with van der Waals surface area (Å²) in [4.78, 5) is 26.2. The van der Waals surface area contributed by atoms with Crippen molar-refractivity contribution in [1.29, 1.82) is 0 Å². The number of hydrogen-bond acceptors (Lipinski definition) is 5. The number of carbonyl (C=O) groups is 1. The van der Waals surface area contributed by atoms with E-state index in [1.165, 1.54) is 0 Å². The molecule has 2 aromatic rings. The van der Waals surface area contributed by atoms with Crippen LogP contribution in [0.3, 0.4) is 0 Å². The first-order valence-corrected chi connectivity index (χ1v) is 9.11. The van der Waals surface area contributed by atoms with Gasteiger partial charge in [0.2, 0.25) is 0 Å². The van der Waals surface area contributed by atoms with Gasteiger partial charge in [0, 0.05) is 6.54 Å². The Kier molecular flexibility index (Phi) is 4.46. The maximum Gasteiger partial charge on any atom is 0.410 e. The maximum atomic E-state index is 12.4. The van der Waals surface area contributed by atoms with Crippen molar-refractivity contribution in [2.24, 2.45) is 0 Å². The Labute approximate surface area is 147 Å². The number of rotatable bonds is 2. The minimum atomic E-state index is -0.494. The predicted octanol–water partition coefficient (Wildman–Crippen LogP) is 4.37. The lowest BCUT2D eigenvalue weighted by Crippen LogP contribution is -2.36. The van der Waals surface area contributed by atoms with E-state index < -0.39 is 5.60 Å². The van der Waals surface area contributed by atoms with Gasteiger partial charge in [-0.15, -0.1) is 11.3 Å². The number of amides is 1. The van der Waals surface area contributed by atoms with Crippen LogP contribution >= 0.6 is 27.3 Å². The zero-order valence-electron chi connectivity index (χ0n) is 13.3. The summed E-state index contributed by atoms with van der Waals surface area (Å²) in [5.41, 5.74) is 0.373. The van der Waals surface area contributed by atoms with Crippen LogP contribution in [0.2, 0.25) is 0 Å². The Bertz CT molecular complexity index is 706. The highest BCUT2D eigenvalue weighted by molar-refractivity contribution is 9.11. The molecule has 1 atom stereocenters. The summed E-state index contributed by atoms with van der Waals surface area (Å²) < 4.78 is 6.47. The molecule has 0 spiro atoms. The largest absolute Gasteiger partial charge is 0.444 e. The van der Waals surface area contributed by atoms with E-state index in [2.05, 4.69) is 30.9 Å². The van der Waals surface area contributed by atoms with E-state index in [4.69, 9.17) is 4.74 Å². The van der Waals surface area contributed by atoms with Crippen molar-refractivity contribution in [3.8, 4) is 10.7 Å². The van der Waals surface area contributed by atoms with Gasteiger partial charge in [-0.1, -0.05) is 0 Å². The van der Waals surface area contributed by atoms with Crippen molar-refractivity contribution < 1.29 is 9.53 Å². The zero-order chi connectivity index (χ0) is 16.6. The van der Waals surface area contributed by atoms with Gasteiger partial charge < -0.3 is 9.72 Å². The Hall–Kier alpha value is -1.41. The minimum Gasteiger partial charge on any atom is -0.444 e. The summed E-state index contributed by atoms with van der Waals surface area (Å²) in [5.74, 6) is 0.787. The molecule has 0 bridgehead atoms. The second kappa shape index (κ2) is 6.24. The van der Waals surface area contributed by atoms with Crippen molar-refractivity contribution in [2.75, 3.05) is 6.54 Å². The lowest BCUT2D eigenvalue weighted by molar-refractivity contribution is 0.0219. The number of ether oxygens (including phenoxy) is 1. The molecule has 1 aliphatic heterocycles. The smallest absolute Gasteiger partial charge is 0.410 e. The average molecular weight is 399 g/mol. The van der Waals surface area contributed by atoms with E-state index in [0.717, 1.165) is 33.2 Å². The van der Waals surface area contributed by atoms with Crippen LogP contribution in [-0.4, -0.2) is 38.1 Å². The lowest BCUT2D eigenvalue weighted by Gasteiger charge is -2.27. The number of nitrogens with zero attached hydrogens (tertiary/aromatic N) is 3. The van der Waals surface area contributed by atoms with Crippen LogP contribution in [0, 0.1) is 0 Å². The summed E-state index contributed by atoms with van der Waals surface area (Å²) in [6, 6.07) is -0.0676. The first kappa shape index (κ1) is 16.4. The van der Waals surface area contributed by atoms with Crippen LogP contribution in [0.25, 0.3) is 10.7 Å². The van der Waals surface area contributed by atoms with Crippen molar-refractivity contribution in [2.45, 2.75) is 45.3 Å². The highest BCUT2D eigenvalue weighted by Crippen LogP contribution is 2.33. The molecule has 6 nitrogen and oxygen atoms in total. The molecule has 2 aromatic heterocycles. The molecular formula is C15H19BrN4O2S. The second-order valence-electron chi connectivity index (χ2n) is 6.48. The first-order valence-electron chi connectivity index (χ1n) is 7.50. The van der Waals surface area contributed by atoms with Gasteiger partial charge in [-0.2, -0.15) is 0 Å². The second-order valence-corrected chi connectivity index (χ2v) is 8.89.